The van der Waals surface area contributed by atoms with Gasteiger partial charge in [0.05, 0.1) is 0 Å². The van der Waals surface area contributed by atoms with E-state index in [0.717, 1.165) is 25.1 Å². The van der Waals surface area contributed by atoms with Gasteiger partial charge < -0.3 is 15.1 Å². The van der Waals surface area contributed by atoms with Crippen molar-refractivity contribution in [1.82, 2.24) is 15.6 Å². The minimum absolute atomic E-state index is 0.171. The van der Waals surface area contributed by atoms with Crippen molar-refractivity contribution in [3.8, 4) is 11.3 Å². The number of piperidine rings is 1. The molecule has 0 spiro atoms. The van der Waals surface area contributed by atoms with Crippen LogP contribution in [0.5, 0.6) is 0 Å². The van der Waals surface area contributed by atoms with E-state index in [1.807, 2.05) is 31.2 Å². The van der Waals surface area contributed by atoms with Crippen molar-refractivity contribution in [3.63, 3.8) is 0 Å². The van der Waals surface area contributed by atoms with E-state index in [1.165, 1.54) is 18.4 Å². The summed E-state index contributed by atoms with van der Waals surface area (Å²) < 4.78 is 5.42. The molecule has 2 aromatic rings. The number of aryl methyl sites for hydroxylation is 1. The summed E-state index contributed by atoms with van der Waals surface area (Å²) in [5.74, 6) is 0.849. The van der Waals surface area contributed by atoms with Gasteiger partial charge in [0.1, 0.15) is 0 Å². The summed E-state index contributed by atoms with van der Waals surface area (Å²) in [6.45, 7) is 4.73. The molecule has 5 nitrogen and oxygen atoms in total. The predicted molar refractivity (Wildman–Crippen MR) is 84.6 cm³/mol. The number of oxazole rings is 1. The first-order chi connectivity index (χ1) is 10.7. The van der Waals surface area contributed by atoms with Crippen LogP contribution in [0.2, 0.25) is 0 Å². The normalized spacial score (nSPS) is 18.1. The Morgan fingerprint density at radius 1 is 1.41 bits per heavy atom. The van der Waals surface area contributed by atoms with Crippen LogP contribution in [0.4, 0.5) is 0 Å². The summed E-state index contributed by atoms with van der Waals surface area (Å²) in [6.07, 6.45) is 3.64. The number of carbonyl (C=O) groups is 1. The van der Waals surface area contributed by atoms with Crippen LogP contribution >= 0.6 is 0 Å². The fourth-order valence-corrected chi connectivity index (χ4v) is 2.74. The van der Waals surface area contributed by atoms with Crippen LogP contribution in [-0.2, 0) is 0 Å². The lowest BCUT2D eigenvalue weighted by molar-refractivity contribution is 0.0940. The first-order valence-corrected chi connectivity index (χ1v) is 7.73. The van der Waals surface area contributed by atoms with E-state index in [9.17, 15) is 4.79 Å². The Labute approximate surface area is 130 Å². The third kappa shape index (κ3) is 3.36. The number of amides is 1. The largest absolute Gasteiger partial charge is 0.443 e. The monoisotopic (exact) mass is 299 g/mol. The number of nitrogens with zero attached hydrogens (tertiary/aromatic N) is 1. The fourth-order valence-electron chi connectivity index (χ4n) is 2.74. The van der Waals surface area contributed by atoms with E-state index < -0.39 is 0 Å². The van der Waals surface area contributed by atoms with Crippen LogP contribution in [-0.4, -0.2) is 30.5 Å². The topological polar surface area (TPSA) is 67.2 Å². The highest BCUT2D eigenvalue weighted by Crippen LogP contribution is 2.23. The lowest BCUT2D eigenvalue weighted by Gasteiger charge is -2.22. The van der Waals surface area contributed by atoms with Gasteiger partial charge >= 0.3 is 0 Å². The van der Waals surface area contributed by atoms with E-state index in [2.05, 4.69) is 15.6 Å². The molecule has 116 valence electrons. The molecule has 2 N–H and O–H groups in total. The number of nitrogens with one attached hydrogen (secondary N) is 2. The van der Waals surface area contributed by atoms with Gasteiger partial charge in [0, 0.05) is 12.1 Å². The van der Waals surface area contributed by atoms with Crippen LogP contribution in [0.15, 0.2) is 35.1 Å². The second-order valence-corrected chi connectivity index (χ2v) is 5.82. The molecule has 0 saturated carbocycles. The number of benzene rings is 1. The molecule has 0 radical (unpaired) electrons. The molecular formula is C17H21N3O2. The van der Waals surface area contributed by atoms with Crippen LogP contribution in [0, 0.1) is 12.8 Å². The van der Waals surface area contributed by atoms with Crippen LogP contribution in [0.1, 0.15) is 28.9 Å². The zero-order valence-corrected chi connectivity index (χ0v) is 12.8. The highest BCUT2D eigenvalue weighted by Gasteiger charge is 2.20. The van der Waals surface area contributed by atoms with Crippen molar-refractivity contribution in [2.75, 3.05) is 19.6 Å². The first-order valence-electron chi connectivity index (χ1n) is 7.73. The Bertz CT molecular complexity index is 628. The SMILES string of the molecule is Cc1ccc(-c2ocnc2C(=O)NCC2CCCNC2)cc1. The van der Waals surface area contributed by atoms with Crippen LogP contribution < -0.4 is 10.6 Å². The third-order valence-corrected chi connectivity index (χ3v) is 4.05. The van der Waals surface area contributed by atoms with E-state index >= 15 is 0 Å². The predicted octanol–water partition coefficient (Wildman–Crippen LogP) is 2.38. The average Bonchev–Trinajstić information content (AvgIpc) is 3.04. The van der Waals surface area contributed by atoms with Gasteiger partial charge in [0.25, 0.3) is 5.91 Å². The smallest absolute Gasteiger partial charge is 0.273 e. The molecule has 1 unspecified atom stereocenters. The molecule has 1 aliphatic rings. The second kappa shape index (κ2) is 6.75. The zero-order chi connectivity index (χ0) is 15.4. The summed E-state index contributed by atoms with van der Waals surface area (Å²) in [6, 6.07) is 7.87. The van der Waals surface area contributed by atoms with Gasteiger partial charge in [-0.1, -0.05) is 29.8 Å². The molecule has 0 aliphatic carbocycles. The molecule has 1 fully saturated rings. The molecule has 1 saturated heterocycles. The maximum Gasteiger partial charge on any atom is 0.273 e. The molecule has 1 aromatic heterocycles. The summed E-state index contributed by atoms with van der Waals surface area (Å²) in [4.78, 5) is 16.4. The maximum absolute atomic E-state index is 12.4. The van der Waals surface area contributed by atoms with E-state index in [-0.39, 0.29) is 5.91 Å². The molecule has 2 heterocycles. The Balaban J connectivity index is 1.68. The summed E-state index contributed by atoms with van der Waals surface area (Å²) in [5, 5.41) is 6.33. The second-order valence-electron chi connectivity index (χ2n) is 5.82. The molecule has 1 aromatic carbocycles. The van der Waals surface area contributed by atoms with Gasteiger partial charge in [0.2, 0.25) is 0 Å². The van der Waals surface area contributed by atoms with Crippen molar-refractivity contribution in [2.24, 2.45) is 5.92 Å². The molecular weight excluding hydrogens is 278 g/mol. The Morgan fingerprint density at radius 2 is 2.23 bits per heavy atom. The van der Waals surface area contributed by atoms with Crippen molar-refractivity contribution in [1.29, 1.82) is 0 Å². The fraction of sp³-hybridized carbons (Fsp3) is 0.412. The van der Waals surface area contributed by atoms with Gasteiger partial charge in [-0.15, -0.1) is 0 Å². The van der Waals surface area contributed by atoms with Gasteiger partial charge in [-0.3, -0.25) is 4.79 Å². The molecule has 0 bridgehead atoms. The van der Waals surface area contributed by atoms with Gasteiger partial charge in [-0.05, 0) is 38.8 Å². The number of hydrogen-bond donors (Lipinski definition) is 2. The van der Waals surface area contributed by atoms with Gasteiger partial charge in [-0.2, -0.15) is 0 Å². The Kier molecular flexibility index (Phi) is 4.53. The maximum atomic E-state index is 12.4. The molecule has 22 heavy (non-hydrogen) atoms. The zero-order valence-electron chi connectivity index (χ0n) is 12.8. The van der Waals surface area contributed by atoms with Gasteiger partial charge in [-0.25, -0.2) is 4.98 Å². The average molecular weight is 299 g/mol. The summed E-state index contributed by atoms with van der Waals surface area (Å²) in [7, 11) is 0. The number of rotatable bonds is 4. The minimum atomic E-state index is -0.171. The van der Waals surface area contributed by atoms with Crippen LogP contribution in [0.3, 0.4) is 0 Å². The standard InChI is InChI=1S/C17H21N3O2/c1-12-4-6-14(7-5-12)16-15(20-11-22-16)17(21)19-10-13-3-2-8-18-9-13/h4-7,11,13,18H,2-3,8-10H2,1H3,(H,19,21). The van der Waals surface area contributed by atoms with Crippen molar-refractivity contribution in [3.05, 3.63) is 41.9 Å². The summed E-state index contributed by atoms with van der Waals surface area (Å²) >= 11 is 0. The number of aromatic nitrogens is 1. The molecule has 1 aliphatic heterocycles. The Hall–Kier alpha value is -2.14. The van der Waals surface area contributed by atoms with Crippen LogP contribution in [0.25, 0.3) is 11.3 Å². The molecule has 3 rings (SSSR count). The quantitative estimate of drug-likeness (QED) is 0.909. The molecule has 5 heteroatoms. The number of carbonyl (C=O) groups excluding carboxylic acids is 1. The minimum Gasteiger partial charge on any atom is -0.443 e. The summed E-state index contributed by atoms with van der Waals surface area (Å²) in [5.41, 5.74) is 2.39. The lowest BCUT2D eigenvalue weighted by Crippen LogP contribution is -2.38. The lowest BCUT2D eigenvalue weighted by atomic mass is 10.00. The van der Waals surface area contributed by atoms with Crippen molar-refractivity contribution in [2.45, 2.75) is 19.8 Å². The van der Waals surface area contributed by atoms with Crippen molar-refractivity contribution < 1.29 is 9.21 Å². The third-order valence-electron chi connectivity index (χ3n) is 4.05. The van der Waals surface area contributed by atoms with E-state index in [0.29, 0.717) is 23.9 Å². The molecule has 1 amide bonds. The highest BCUT2D eigenvalue weighted by molar-refractivity contribution is 5.97. The van der Waals surface area contributed by atoms with Crippen molar-refractivity contribution >= 4 is 5.91 Å². The first kappa shape index (κ1) is 14.8. The highest BCUT2D eigenvalue weighted by atomic mass is 16.3. The number of hydrogen-bond acceptors (Lipinski definition) is 4. The molecule has 1 atom stereocenters. The van der Waals surface area contributed by atoms with E-state index in [4.69, 9.17) is 4.42 Å². The van der Waals surface area contributed by atoms with E-state index in [1.54, 1.807) is 0 Å². The van der Waals surface area contributed by atoms with Gasteiger partial charge in [0.15, 0.2) is 17.8 Å². The Morgan fingerprint density at radius 3 is 2.95 bits per heavy atom.